The van der Waals surface area contributed by atoms with Crippen LogP contribution in [0.4, 0.5) is 0 Å². The highest BCUT2D eigenvalue weighted by molar-refractivity contribution is 5.85. The third-order valence-electron chi connectivity index (χ3n) is 4.06. The third kappa shape index (κ3) is 5.84. The average molecular weight is 340 g/mol. The SMILES string of the molecule is Cc1ccc(CC(=O)N2CCN(C(=O)CCCN)CC2)cc1.Cl. The largest absolute Gasteiger partial charge is 0.339 e. The smallest absolute Gasteiger partial charge is 0.227 e. The minimum absolute atomic E-state index is 0. The lowest BCUT2D eigenvalue weighted by Gasteiger charge is -2.35. The first-order chi connectivity index (χ1) is 10.6. The number of rotatable bonds is 5. The molecule has 2 rings (SSSR count). The van der Waals surface area contributed by atoms with E-state index in [0.29, 0.717) is 45.6 Å². The lowest BCUT2D eigenvalue weighted by molar-refractivity contribution is -0.139. The second-order valence-corrected chi connectivity index (χ2v) is 5.82. The van der Waals surface area contributed by atoms with E-state index in [1.807, 2.05) is 41.0 Å². The van der Waals surface area contributed by atoms with E-state index in [1.165, 1.54) is 5.56 Å². The van der Waals surface area contributed by atoms with E-state index in [9.17, 15) is 9.59 Å². The molecule has 5 nitrogen and oxygen atoms in total. The Morgan fingerprint density at radius 2 is 1.52 bits per heavy atom. The molecule has 1 fully saturated rings. The Balaban J connectivity index is 0.00000264. The maximum absolute atomic E-state index is 12.3. The van der Waals surface area contributed by atoms with Gasteiger partial charge in [0.2, 0.25) is 11.8 Å². The zero-order valence-electron chi connectivity index (χ0n) is 13.7. The molecule has 0 unspecified atom stereocenters. The zero-order valence-corrected chi connectivity index (χ0v) is 14.5. The molecule has 23 heavy (non-hydrogen) atoms. The van der Waals surface area contributed by atoms with Gasteiger partial charge in [-0.25, -0.2) is 0 Å². The van der Waals surface area contributed by atoms with Crippen LogP contribution in [0.3, 0.4) is 0 Å². The normalized spacial score (nSPS) is 14.3. The maximum Gasteiger partial charge on any atom is 0.227 e. The molecular weight excluding hydrogens is 314 g/mol. The Morgan fingerprint density at radius 1 is 1.00 bits per heavy atom. The summed E-state index contributed by atoms with van der Waals surface area (Å²) in [7, 11) is 0. The molecule has 0 aliphatic carbocycles. The highest BCUT2D eigenvalue weighted by Gasteiger charge is 2.23. The molecule has 0 saturated carbocycles. The minimum Gasteiger partial charge on any atom is -0.339 e. The summed E-state index contributed by atoms with van der Waals surface area (Å²) in [5.41, 5.74) is 7.66. The number of aryl methyl sites for hydroxylation is 1. The average Bonchev–Trinajstić information content (AvgIpc) is 2.55. The topological polar surface area (TPSA) is 66.6 Å². The molecule has 0 atom stereocenters. The van der Waals surface area contributed by atoms with E-state index in [0.717, 1.165) is 12.0 Å². The summed E-state index contributed by atoms with van der Waals surface area (Å²) in [5.74, 6) is 0.286. The number of benzene rings is 1. The molecule has 6 heteroatoms. The Kier molecular flexibility index (Phi) is 8.06. The van der Waals surface area contributed by atoms with Crippen molar-refractivity contribution in [2.75, 3.05) is 32.7 Å². The predicted octanol–water partition coefficient (Wildman–Crippen LogP) is 1.37. The van der Waals surface area contributed by atoms with Crippen molar-refractivity contribution in [2.24, 2.45) is 5.73 Å². The van der Waals surface area contributed by atoms with Crippen LogP contribution in [0, 0.1) is 6.92 Å². The number of amides is 2. The first-order valence-corrected chi connectivity index (χ1v) is 7.91. The molecule has 2 N–H and O–H groups in total. The monoisotopic (exact) mass is 339 g/mol. The fourth-order valence-corrected chi connectivity index (χ4v) is 2.61. The van der Waals surface area contributed by atoms with E-state index in [2.05, 4.69) is 0 Å². The number of nitrogens with zero attached hydrogens (tertiary/aromatic N) is 2. The van der Waals surface area contributed by atoms with E-state index in [-0.39, 0.29) is 24.2 Å². The van der Waals surface area contributed by atoms with E-state index in [4.69, 9.17) is 5.73 Å². The van der Waals surface area contributed by atoms with Gasteiger partial charge in [-0.15, -0.1) is 12.4 Å². The van der Waals surface area contributed by atoms with Gasteiger partial charge in [-0.3, -0.25) is 9.59 Å². The van der Waals surface area contributed by atoms with Gasteiger partial charge in [0.05, 0.1) is 6.42 Å². The van der Waals surface area contributed by atoms with Crippen molar-refractivity contribution in [1.29, 1.82) is 0 Å². The summed E-state index contributed by atoms with van der Waals surface area (Å²) in [6.45, 7) is 5.08. The Hall–Kier alpha value is -1.59. The van der Waals surface area contributed by atoms with Crippen LogP contribution in [0.5, 0.6) is 0 Å². The molecule has 0 bridgehead atoms. The van der Waals surface area contributed by atoms with Crippen LogP contribution >= 0.6 is 12.4 Å². The summed E-state index contributed by atoms with van der Waals surface area (Å²) in [4.78, 5) is 27.9. The zero-order chi connectivity index (χ0) is 15.9. The number of carbonyl (C=O) groups is 2. The summed E-state index contributed by atoms with van der Waals surface area (Å²) >= 11 is 0. The quantitative estimate of drug-likeness (QED) is 0.881. The number of hydrogen-bond acceptors (Lipinski definition) is 3. The number of nitrogens with two attached hydrogens (primary N) is 1. The minimum atomic E-state index is 0. The Bertz CT molecular complexity index is 511. The molecule has 1 aliphatic rings. The first-order valence-electron chi connectivity index (χ1n) is 7.91. The fourth-order valence-electron chi connectivity index (χ4n) is 2.61. The van der Waals surface area contributed by atoms with E-state index in [1.54, 1.807) is 0 Å². The van der Waals surface area contributed by atoms with Crippen molar-refractivity contribution < 1.29 is 9.59 Å². The highest BCUT2D eigenvalue weighted by Crippen LogP contribution is 2.09. The summed E-state index contributed by atoms with van der Waals surface area (Å²) < 4.78 is 0. The van der Waals surface area contributed by atoms with Crippen molar-refractivity contribution in [3.63, 3.8) is 0 Å². The molecule has 1 aromatic carbocycles. The van der Waals surface area contributed by atoms with Crippen molar-refractivity contribution in [3.8, 4) is 0 Å². The third-order valence-corrected chi connectivity index (χ3v) is 4.06. The van der Waals surface area contributed by atoms with Gasteiger partial charge >= 0.3 is 0 Å². The van der Waals surface area contributed by atoms with Gasteiger partial charge in [-0.2, -0.15) is 0 Å². The lowest BCUT2D eigenvalue weighted by Crippen LogP contribution is -2.51. The van der Waals surface area contributed by atoms with Crippen molar-refractivity contribution >= 4 is 24.2 Å². The second-order valence-electron chi connectivity index (χ2n) is 5.82. The van der Waals surface area contributed by atoms with Crippen LogP contribution in [-0.2, 0) is 16.0 Å². The van der Waals surface area contributed by atoms with Crippen molar-refractivity contribution in [2.45, 2.75) is 26.2 Å². The van der Waals surface area contributed by atoms with Crippen LogP contribution < -0.4 is 5.73 Å². The molecule has 128 valence electrons. The van der Waals surface area contributed by atoms with Gasteiger partial charge < -0.3 is 15.5 Å². The Morgan fingerprint density at radius 3 is 2.04 bits per heavy atom. The van der Waals surface area contributed by atoms with Crippen LogP contribution in [-0.4, -0.2) is 54.3 Å². The molecule has 0 aromatic heterocycles. The Labute approximate surface area is 144 Å². The summed E-state index contributed by atoms with van der Waals surface area (Å²) in [6.07, 6.45) is 1.67. The molecule has 1 aliphatic heterocycles. The van der Waals surface area contributed by atoms with Crippen molar-refractivity contribution in [1.82, 2.24) is 9.80 Å². The number of halogens is 1. The number of carbonyl (C=O) groups excluding carboxylic acids is 2. The molecule has 0 radical (unpaired) electrons. The second kappa shape index (κ2) is 9.53. The van der Waals surface area contributed by atoms with Crippen LogP contribution in [0.15, 0.2) is 24.3 Å². The summed E-state index contributed by atoms with van der Waals surface area (Å²) in [5, 5.41) is 0. The number of hydrogen-bond donors (Lipinski definition) is 1. The molecule has 1 aromatic rings. The first kappa shape index (κ1) is 19.5. The van der Waals surface area contributed by atoms with Crippen LogP contribution in [0.2, 0.25) is 0 Å². The molecule has 2 amide bonds. The van der Waals surface area contributed by atoms with Gasteiger partial charge in [0.1, 0.15) is 0 Å². The van der Waals surface area contributed by atoms with Gasteiger partial charge in [0.15, 0.2) is 0 Å². The maximum atomic E-state index is 12.3. The van der Waals surface area contributed by atoms with Gasteiger partial charge in [0.25, 0.3) is 0 Å². The van der Waals surface area contributed by atoms with E-state index >= 15 is 0 Å². The fraction of sp³-hybridized carbons (Fsp3) is 0.529. The van der Waals surface area contributed by atoms with Gasteiger partial charge in [-0.05, 0) is 25.5 Å². The van der Waals surface area contributed by atoms with Crippen molar-refractivity contribution in [3.05, 3.63) is 35.4 Å². The van der Waals surface area contributed by atoms with Crippen LogP contribution in [0.1, 0.15) is 24.0 Å². The highest BCUT2D eigenvalue weighted by atomic mass is 35.5. The van der Waals surface area contributed by atoms with Gasteiger partial charge in [0, 0.05) is 32.6 Å². The van der Waals surface area contributed by atoms with E-state index < -0.39 is 0 Å². The van der Waals surface area contributed by atoms with Gasteiger partial charge in [-0.1, -0.05) is 29.8 Å². The lowest BCUT2D eigenvalue weighted by atomic mass is 10.1. The standard InChI is InChI=1S/C17H25N3O2.ClH/c1-14-4-6-15(7-5-14)13-17(22)20-11-9-19(10-12-20)16(21)3-2-8-18;/h4-7H,2-3,8-13,18H2,1H3;1H. The summed E-state index contributed by atoms with van der Waals surface area (Å²) in [6, 6.07) is 8.05. The molecule has 0 spiro atoms. The molecule has 1 heterocycles. The van der Waals surface area contributed by atoms with Crippen LogP contribution in [0.25, 0.3) is 0 Å². The number of piperazine rings is 1. The molecule has 1 saturated heterocycles. The molecular formula is C17H26ClN3O2. The predicted molar refractivity (Wildman–Crippen MR) is 93.6 cm³/mol.